The Morgan fingerprint density at radius 1 is 1.38 bits per heavy atom. The van der Waals surface area contributed by atoms with Crippen LogP contribution >= 0.6 is 0 Å². The largest absolute Gasteiger partial charge is 0.492 e. The van der Waals surface area contributed by atoms with Crippen LogP contribution in [0, 0.1) is 18.3 Å². The summed E-state index contributed by atoms with van der Waals surface area (Å²) in [7, 11) is 4.03. The Bertz CT molecular complexity index is 517. The first kappa shape index (κ1) is 15.4. The maximum absolute atomic E-state index is 11.8. The Labute approximate surface area is 126 Å². The van der Waals surface area contributed by atoms with Gasteiger partial charge in [-0.3, -0.25) is 4.79 Å². The summed E-state index contributed by atoms with van der Waals surface area (Å²) in [6.45, 7) is 2.84. The Kier molecular flexibility index (Phi) is 5.24. The molecule has 1 aliphatic heterocycles. The fourth-order valence-electron chi connectivity index (χ4n) is 2.29. The molecular weight excluding hydrogens is 264 g/mol. The standard InChI is InChI=1S/C17H22N2O2/c1-4-14-11-17(20)19(12-14)13-15-5-7-16(8-6-15)21-10-9-18(2)3/h1,5-8,14H,9-13H2,2-3H3. The first-order valence-electron chi connectivity index (χ1n) is 7.19. The van der Waals surface area contributed by atoms with Gasteiger partial charge in [0, 0.05) is 32.0 Å². The second-order valence-electron chi connectivity index (χ2n) is 5.64. The molecule has 21 heavy (non-hydrogen) atoms. The Morgan fingerprint density at radius 2 is 2.10 bits per heavy atom. The molecule has 1 aromatic rings. The summed E-state index contributed by atoms with van der Waals surface area (Å²) in [4.78, 5) is 15.7. The van der Waals surface area contributed by atoms with Gasteiger partial charge in [-0.2, -0.15) is 0 Å². The van der Waals surface area contributed by atoms with E-state index in [0.717, 1.165) is 17.9 Å². The highest BCUT2D eigenvalue weighted by atomic mass is 16.5. The Morgan fingerprint density at radius 3 is 2.67 bits per heavy atom. The SMILES string of the molecule is C#CC1CC(=O)N(Cc2ccc(OCCN(C)C)cc2)C1. The van der Waals surface area contributed by atoms with Crippen molar-refractivity contribution < 1.29 is 9.53 Å². The molecule has 1 atom stereocenters. The van der Waals surface area contributed by atoms with Crippen LogP contribution in [0.3, 0.4) is 0 Å². The van der Waals surface area contributed by atoms with Crippen LogP contribution in [-0.2, 0) is 11.3 Å². The van der Waals surface area contributed by atoms with Crippen molar-refractivity contribution in [1.82, 2.24) is 9.80 Å². The zero-order valence-corrected chi connectivity index (χ0v) is 12.7. The van der Waals surface area contributed by atoms with Gasteiger partial charge in [-0.05, 0) is 31.8 Å². The van der Waals surface area contributed by atoms with Gasteiger partial charge in [0.05, 0.1) is 0 Å². The third-order valence-corrected chi connectivity index (χ3v) is 3.55. The van der Waals surface area contributed by atoms with Gasteiger partial charge in [0.1, 0.15) is 12.4 Å². The molecule has 1 amide bonds. The number of nitrogens with zero attached hydrogens (tertiary/aromatic N) is 2. The molecule has 1 unspecified atom stereocenters. The maximum atomic E-state index is 11.8. The smallest absolute Gasteiger partial charge is 0.224 e. The first-order valence-corrected chi connectivity index (χ1v) is 7.19. The number of benzene rings is 1. The van der Waals surface area contributed by atoms with Crippen molar-refractivity contribution in [3.05, 3.63) is 29.8 Å². The lowest BCUT2D eigenvalue weighted by Crippen LogP contribution is -2.24. The molecule has 1 aliphatic rings. The second kappa shape index (κ2) is 7.14. The van der Waals surface area contributed by atoms with Crippen molar-refractivity contribution in [3.63, 3.8) is 0 Å². The number of carbonyl (C=O) groups excluding carboxylic acids is 1. The van der Waals surface area contributed by atoms with E-state index in [1.165, 1.54) is 0 Å². The quantitative estimate of drug-likeness (QED) is 0.745. The number of carbonyl (C=O) groups is 1. The zero-order valence-electron chi connectivity index (χ0n) is 12.7. The van der Waals surface area contributed by atoms with Gasteiger partial charge >= 0.3 is 0 Å². The van der Waals surface area contributed by atoms with Crippen LogP contribution in [0.2, 0.25) is 0 Å². The molecule has 0 spiro atoms. The van der Waals surface area contributed by atoms with E-state index in [4.69, 9.17) is 11.2 Å². The number of rotatable bonds is 6. The number of amides is 1. The molecule has 0 aliphatic carbocycles. The summed E-state index contributed by atoms with van der Waals surface area (Å²) in [5.74, 6) is 3.73. The van der Waals surface area contributed by atoms with Crippen molar-refractivity contribution >= 4 is 5.91 Å². The Balaban J connectivity index is 1.85. The summed E-state index contributed by atoms with van der Waals surface area (Å²) in [5.41, 5.74) is 1.10. The minimum absolute atomic E-state index is 0.0612. The van der Waals surface area contributed by atoms with Crippen LogP contribution in [0.5, 0.6) is 5.75 Å². The van der Waals surface area contributed by atoms with Gasteiger partial charge in [-0.25, -0.2) is 0 Å². The van der Waals surface area contributed by atoms with Gasteiger partial charge in [-0.1, -0.05) is 12.1 Å². The molecule has 112 valence electrons. The number of hydrogen-bond acceptors (Lipinski definition) is 3. The van der Waals surface area contributed by atoms with Crippen molar-refractivity contribution in [1.29, 1.82) is 0 Å². The molecule has 0 aromatic heterocycles. The molecule has 0 radical (unpaired) electrons. The average molecular weight is 286 g/mol. The number of likely N-dealkylation sites (tertiary alicyclic amines) is 1. The van der Waals surface area contributed by atoms with Gasteiger partial charge in [0.25, 0.3) is 0 Å². The minimum atomic E-state index is 0.0612. The molecule has 4 heteroatoms. The summed E-state index contributed by atoms with van der Waals surface area (Å²) >= 11 is 0. The number of hydrogen-bond donors (Lipinski definition) is 0. The van der Waals surface area contributed by atoms with Crippen molar-refractivity contribution in [2.24, 2.45) is 5.92 Å². The minimum Gasteiger partial charge on any atom is -0.492 e. The molecule has 4 nitrogen and oxygen atoms in total. The van der Waals surface area contributed by atoms with Crippen LogP contribution in [-0.4, -0.2) is 49.5 Å². The van der Waals surface area contributed by atoms with Crippen molar-refractivity contribution in [2.75, 3.05) is 33.8 Å². The van der Waals surface area contributed by atoms with Crippen molar-refractivity contribution in [3.8, 4) is 18.1 Å². The van der Waals surface area contributed by atoms with Gasteiger partial charge in [-0.15, -0.1) is 12.3 Å². The highest BCUT2D eigenvalue weighted by Gasteiger charge is 2.27. The summed E-state index contributed by atoms with van der Waals surface area (Å²) in [5, 5.41) is 0. The Hall–Kier alpha value is -1.99. The zero-order chi connectivity index (χ0) is 15.2. The predicted molar refractivity (Wildman–Crippen MR) is 82.8 cm³/mol. The van der Waals surface area contributed by atoms with Gasteiger partial charge in [0.15, 0.2) is 0 Å². The summed E-state index contributed by atoms with van der Waals surface area (Å²) in [6.07, 6.45) is 5.86. The number of ether oxygens (including phenoxy) is 1. The second-order valence-corrected chi connectivity index (χ2v) is 5.64. The summed E-state index contributed by atoms with van der Waals surface area (Å²) in [6, 6.07) is 7.90. The highest BCUT2D eigenvalue weighted by molar-refractivity contribution is 5.79. The van der Waals surface area contributed by atoms with E-state index in [9.17, 15) is 4.79 Å². The average Bonchev–Trinajstić information content (AvgIpc) is 2.81. The van der Waals surface area contributed by atoms with Gasteiger partial charge in [0.2, 0.25) is 5.91 Å². The fourth-order valence-corrected chi connectivity index (χ4v) is 2.29. The highest BCUT2D eigenvalue weighted by Crippen LogP contribution is 2.20. The molecule has 1 saturated heterocycles. The fraction of sp³-hybridized carbons (Fsp3) is 0.471. The van der Waals surface area contributed by atoms with E-state index in [2.05, 4.69) is 10.8 Å². The van der Waals surface area contributed by atoms with Crippen LogP contribution in [0.25, 0.3) is 0 Å². The van der Waals surface area contributed by atoms with E-state index in [0.29, 0.717) is 26.1 Å². The molecule has 0 saturated carbocycles. The molecule has 1 aromatic carbocycles. The molecule has 2 rings (SSSR count). The maximum Gasteiger partial charge on any atom is 0.224 e. The predicted octanol–water partition coefficient (Wildman–Crippen LogP) is 1.61. The number of terminal acetylenes is 1. The molecule has 1 heterocycles. The third-order valence-electron chi connectivity index (χ3n) is 3.55. The van der Waals surface area contributed by atoms with Crippen LogP contribution in [0.1, 0.15) is 12.0 Å². The third kappa shape index (κ3) is 4.51. The lowest BCUT2D eigenvalue weighted by molar-refractivity contribution is -0.128. The molecule has 0 bridgehead atoms. The molecule has 1 fully saturated rings. The summed E-state index contributed by atoms with van der Waals surface area (Å²) < 4.78 is 5.65. The topological polar surface area (TPSA) is 32.8 Å². The van der Waals surface area contributed by atoms with Crippen LogP contribution in [0.15, 0.2) is 24.3 Å². The first-order chi connectivity index (χ1) is 10.1. The van der Waals surface area contributed by atoms with E-state index in [1.54, 1.807) is 0 Å². The number of likely N-dealkylation sites (N-methyl/N-ethyl adjacent to an activating group) is 1. The van der Waals surface area contributed by atoms with Crippen LogP contribution in [0.4, 0.5) is 0 Å². The van der Waals surface area contributed by atoms with E-state index in [1.807, 2.05) is 43.3 Å². The van der Waals surface area contributed by atoms with E-state index >= 15 is 0 Å². The van der Waals surface area contributed by atoms with E-state index in [-0.39, 0.29) is 11.8 Å². The lowest BCUT2D eigenvalue weighted by Gasteiger charge is -2.16. The monoisotopic (exact) mass is 286 g/mol. The van der Waals surface area contributed by atoms with Crippen LogP contribution < -0.4 is 4.74 Å². The van der Waals surface area contributed by atoms with E-state index < -0.39 is 0 Å². The molecular formula is C17H22N2O2. The lowest BCUT2D eigenvalue weighted by atomic mass is 10.1. The normalized spacial score (nSPS) is 18.1. The molecule has 0 N–H and O–H groups in total. The van der Waals surface area contributed by atoms with Crippen molar-refractivity contribution in [2.45, 2.75) is 13.0 Å². The van der Waals surface area contributed by atoms with Gasteiger partial charge < -0.3 is 14.5 Å².